The Labute approximate surface area is 198 Å². The van der Waals surface area contributed by atoms with Gasteiger partial charge in [-0.1, -0.05) is 34.5 Å². The van der Waals surface area contributed by atoms with Crippen molar-refractivity contribution >= 4 is 32.5 Å². The summed E-state index contributed by atoms with van der Waals surface area (Å²) in [7, 11) is 0. The van der Waals surface area contributed by atoms with Gasteiger partial charge in [0, 0.05) is 50.9 Å². The van der Waals surface area contributed by atoms with E-state index in [1.165, 1.54) is 78.6 Å². The van der Waals surface area contributed by atoms with Gasteiger partial charge >= 0.3 is 0 Å². The van der Waals surface area contributed by atoms with E-state index in [1.807, 2.05) is 0 Å². The van der Waals surface area contributed by atoms with Crippen LogP contribution in [0.2, 0.25) is 0 Å². The van der Waals surface area contributed by atoms with Crippen LogP contribution in [-0.2, 0) is 11.2 Å². The largest absolute Gasteiger partial charge is 0.377 e. The number of likely N-dealkylation sites (tertiary alicyclic amines) is 1. The molecule has 0 unspecified atom stereocenters. The zero-order valence-electron chi connectivity index (χ0n) is 18.6. The standard InChI is InChI=1S/C27H32BrN3O/c28-19-7-9-24-21(16-19)23(17-29-24)26-20-10-14-32-27(20)22-15-18(6-8-25(22)30-26)5-4-13-31-11-2-1-3-12-31/h6-9,15-17,20,26-27,29-30H,1-5,10-14H2/t20-,26-,27-/m0/s1. The van der Waals surface area contributed by atoms with Gasteiger partial charge in [0.15, 0.2) is 0 Å². The summed E-state index contributed by atoms with van der Waals surface area (Å²) in [5, 5.41) is 5.19. The average molecular weight is 494 g/mol. The molecule has 0 saturated carbocycles. The Bertz CT molecular complexity index is 1100. The minimum absolute atomic E-state index is 0.190. The summed E-state index contributed by atoms with van der Waals surface area (Å²) in [5.41, 5.74) is 6.59. The van der Waals surface area contributed by atoms with Gasteiger partial charge in [0.25, 0.3) is 0 Å². The Morgan fingerprint density at radius 3 is 2.84 bits per heavy atom. The first kappa shape index (κ1) is 20.8. The molecule has 2 fully saturated rings. The molecule has 2 aromatic carbocycles. The molecule has 0 amide bonds. The van der Waals surface area contributed by atoms with Gasteiger partial charge in [-0.3, -0.25) is 0 Å². The smallest absolute Gasteiger partial charge is 0.0896 e. The summed E-state index contributed by atoms with van der Waals surface area (Å²) in [6.07, 6.45) is 10.0. The Hall–Kier alpha value is -1.82. The topological polar surface area (TPSA) is 40.3 Å². The summed E-state index contributed by atoms with van der Waals surface area (Å²) >= 11 is 3.65. The number of aryl methyl sites for hydroxylation is 1. The Kier molecular flexibility index (Phi) is 5.74. The van der Waals surface area contributed by atoms with Gasteiger partial charge < -0.3 is 19.9 Å². The van der Waals surface area contributed by atoms with Crippen molar-refractivity contribution in [3.05, 3.63) is 63.8 Å². The predicted octanol–water partition coefficient (Wildman–Crippen LogP) is 6.59. The van der Waals surface area contributed by atoms with Gasteiger partial charge in [-0.2, -0.15) is 0 Å². The number of rotatable bonds is 5. The lowest BCUT2D eigenvalue weighted by Crippen LogP contribution is -2.30. The second-order valence-electron chi connectivity index (χ2n) is 9.73. The number of hydrogen-bond donors (Lipinski definition) is 2. The molecular formula is C27H32BrN3O. The lowest BCUT2D eigenvalue weighted by Gasteiger charge is -2.36. The van der Waals surface area contributed by atoms with Crippen LogP contribution in [0.25, 0.3) is 10.9 Å². The molecule has 0 aliphatic carbocycles. The van der Waals surface area contributed by atoms with E-state index in [1.54, 1.807) is 0 Å². The first-order valence-corrected chi connectivity index (χ1v) is 13.1. The number of nitrogens with zero attached hydrogens (tertiary/aromatic N) is 1. The molecule has 2 N–H and O–H groups in total. The minimum atomic E-state index is 0.190. The van der Waals surface area contributed by atoms with E-state index in [-0.39, 0.29) is 12.1 Å². The van der Waals surface area contributed by atoms with E-state index < -0.39 is 0 Å². The van der Waals surface area contributed by atoms with Gasteiger partial charge in [-0.05, 0) is 81.6 Å². The molecular weight excluding hydrogens is 462 g/mol. The summed E-state index contributed by atoms with van der Waals surface area (Å²) in [4.78, 5) is 6.11. The van der Waals surface area contributed by atoms with Crippen LogP contribution >= 0.6 is 15.9 Å². The lowest BCUT2D eigenvalue weighted by molar-refractivity contribution is 0.0830. The van der Waals surface area contributed by atoms with Crippen LogP contribution in [0, 0.1) is 5.92 Å². The number of benzene rings is 2. The fourth-order valence-corrected chi connectivity index (χ4v) is 6.41. The molecule has 1 aromatic heterocycles. The van der Waals surface area contributed by atoms with Crippen LogP contribution in [-0.4, -0.2) is 36.1 Å². The number of aromatic amines is 1. The predicted molar refractivity (Wildman–Crippen MR) is 134 cm³/mol. The average Bonchev–Trinajstić information content (AvgIpc) is 3.47. The molecule has 2 saturated heterocycles. The van der Waals surface area contributed by atoms with Gasteiger partial charge in [0.2, 0.25) is 0 Å². The number of halogens is 1. The fraction of sp³-hybridized carbons (Fsp3) is 0.481. The quantitative estimate of drug-likeness (QED) is 0.420. The van der Waals surface area contributed by atoms with Crippen molar-refractivity contribution < 1.29 is 4.74 Å². The SMILES string of the molecule is Brc1ccc2[nH]cc([C@H]3Nc4ccc(CCCN5CCCCC5)cc4[C@H]4OCC[C@@H]34)c2c1. The molecule has 4 nitrogen and oxygen atoms in total. The number of nitrogens with one attached hydrogen (secondary N) is 2. The van der Waals surface area contributed by atoms with E-state index in [4.69, 9.17) is 4.74 Å². The summed E-state index contributed by atoms with van der Waals surface area (Å²) < 4.78 is 7.46. The van der Waals surface area contributed by atoms with Crippen LogP contribution < -0.4 is 5.32 Å². The number of aromatic nitrogens is 1. The van der Waals surface area contributed by atoms with Crippen molar-refractivity contribution in [2.75, 3.05) is 31.6 Å². The van der Waals surface area contributed by atoms with Crippen LogP contribution in [0.1, 0.15) is 60.9 Å². The maximum absolute atomic E-state index is 6.33. The van der Waals surface area contributed by atoms with Crippen LogP contribution in [0.3, 0.4) is 0 Å². The molecule has 6 rings (SSSR count). The highest BCUT2D eigenvalue weighted by molar-refractivity contribution is 9.10. The highest BCUT2D eigenvalue weighted by atomic mass is 79.9. The number of fused-ring (bicyclic) bond motifs is 4. The highest BCUT2D eigenvalue weighted by Gasteiger charge is 2.42. The summed E-state index contributed by atoms with van der Waals surface area (Å²) in [6, 6.07) is 13.8. The Morgan fingerprint density at radius 1 is 1.03 bits per heavy atom. The minimum Gasteiger partial charge on any atom is -0.377 e. The first-order valence-electron chi connectivity index (χ1n) is 12.3. The third-order valence-corrected chi connectivity index (χ3v) is 8.19. The second kappa shape index (κ2) is 8.85. The second-order valence-corrected chi connectivity index (χ2v) is 10.6. The molecule has 32 heavy (non-hydrogen) atoms. The molecule has 4 heterocycles. The molecule has 3 aliphatic heterocycles. The van der Waals surface area contributed by atoms with E-state index in [9.17, 15) is 0 Å². The molecule has 3 aromatic rings. The van der Waals surface area contributed by atoms with Gasteiger partial charge in [0.1, 0.15) is 0 Å². The van der Waals surface area contributed by atoms with E-state index in [0.717, 1.165) is 23.9 Å². The third-order valence-electron chi connectivity index (χ3n) is 7.70. The van der Waals surface area contributed by atoms with Crippen molar-refractivity contribution in [2.24, 2.45) is 5.92 Å². The Balaban J connectivity index is 1.23. The number of H-pyrrole nitrogens is 1. The Morgan fingerprint density at radius 2 is 1.94 bits per heavy atom. The molecule has 5 heteroatoms. The van der Waals surface area contributed by atoms with Crippen molar-refractivity contribution in [2.45, 2.75) is 50.7 Å². The van der Waals surface area contributed by atoms with E-state index >= 15 is 0 Å². The molecule has 0 bridgehead atoms. The van der Waals surface area contributed by atoms with Crippen molar-refractivity contribution in [1.29, 1.82) is 0 Å². The molecule has 3 atom stereocenters. The molecule has 3 aliphatic rings. The first-order chi connectivity index (χ1) is 15.8. The van der Waals surface area contributed by atoms with Crippen molar-refractivity contribution in [1.82, 2.24) is 9.88 Å². The summed E-state index contributed by atoms with van der Waals surface area (Å²) in [6.45, 7) is 4.66. The van der Waals surface area contributed by atoms with Gasteiger partial charge in [0.05, 0.1) is 12.1 Å². The number of ether oxygens (including phenoxy) is 1. The van der Waals surface area contributed by atoms with Crippen molar-refractivity contribution in [3.8, 4) is 0 Å². The number of piperidine rings is 1. The lowest BCUT2D eigenvalue weighted by atomic mass is 9.80. The molecule has 168 valence electrons. The zero-order valence-corrected chi connectivity index (χ0v) is 20.2. The maximum Gasteiger partial charge on any atom is 0.0896 e. The number of anilines is 1. The zero-order chi connectivity index (χ0) is 21.5. The third kappa shape index (κ3) is 3.89. The van der Waals surface area contributed by atoms with Gasteiger partial charge in [-0.15, -0.1) is 0 Å². The normalized spacial score (nSPS) is 25.5. The number of hydrogen-bond acceptors (Lipinski definition) is 3. The van der Waals surface area contributed by atoms with Crippen LogP contribution in [0.4, 0.5) is 5.69 Å². The highest BCUT2D eigenvalue weighted by Crippen LogP contribution is 2.51. The fourth-order valence-electron chi connectivity index (χ4n) is 6.05. The van der Waals surface area contributed by atoms with Crippen molar-refractivity contribution in [3.63, 3.8) is 0 Å². The monoisotopic (exact) mass is 493 g/mol. The van der Waals surface area contributed by atoms with Gasteiger partial charge in [-0.25, -0.2) is 0 Å². The summed E-state index contributed by atoms with van der Waals surface area (Å²) in [5.74, 6) is 0.462. The maximum atomic E-state index is 6.33. The van der Waals surface area contributed by atoms with Crippen LogP contribution in [0.15, 0.2) is 47.1 Å². The molecule has 0 radical (unpaired) electrons. The van der Waals surface area contributed by atoms with E-state index in [0.29, 0.717) is 5.92 Å². The van der Waals surface area contributed by atoms with Crippen LogP contribution in [0.5, 0.6) is 0 Å². The van der Waals surface area contributed by atoms with E-state index in [2.05, 4.69) is 73.7 Å². The molecule has 0 spiro atoms.